The molecule has 1 aliphatic heterocycles. The molecule has 0 aromatic heterocycles. The predicted octanol–water partition coefficient (Wildman–Crippen LogP) is 2.69. The standard InChI is InChI=1S/C20H22N2O5S/c1-14(23)15-5-7-16(8-6-15)21-20(24)19-4-3-13-22(19)28(25,26)18-11-9-17(27-2)10-12-18/h5-12,19H,3-4,13H2,1-2H3,(H,21,24)/t19-/m0/s1. The molecular formula is C20H22N2O5S. The van der Waals surface area contributed by atoms with E-state index in [1.165, 1.54) is 30.5 Å². The number of sulfonamides is 1. The first-order valence-electron chi connectivity index (χ1n) is 8.90. The molecule has 1 heterocycles. The summed E-state index contributed by atoms with van der Waals surface area (Å²) in [6.45, 7) is 1.75. The number of anilines is 1. The third-order valence-corrected chi connectivity index (χ3v) is 6.65. The van der Waals surface area contributed by atoms with Gasteiger partial charge in [-0.1, -0.05) is 0 Å². The van der Waals surface area contributed by atoms with E-state index >= 15 is 0 Å². The van der Waals surface area contributed by atoms with Gasteiger partial charge in [0.15, 0.2) is 5.78 Å². The minimum absolute atomic E-state index is 0.0644. The summed E-state index contributed by atoms with van der Waals surface area (Å²) in [5.41, 5.74) is 1.06. The highest BCUT2D eigenvalue weighted by Crippen LogP contribution is 2.28. The molecule has 0 radical (unpaired) electrons. The average Bonchev–Trinajstić information content (AvgIpc) is 3.19. The lowest BCUT2D eigenvalue weighted by Crippen LogP contribution is -2.43. The summed E-state index contributed by atoms with van der Waals surface area (Å²) in [5.74, 6) is 0.110. The lowest BCUT2D eigenvalue weighted by Gasteiger charge is -2.23. The number of carbonyl (C=O) groups is 2. The molecule has 8 heteroatoms. The van der Waals surface area contributed by atoms with Gasteiger partial charge < -0.3 is 10.1 Å². The van der Waals surface area contributed by atoms with Crippen molar-refractivity contribution in [1.82, 2.24) is 4.31 Å². The van der Waals surface area contributed by atoms with Crippen LogP contribution < -0.4 is 10.1 Å². The Kier molecular flexibility index (Phi) is 5.81. The van der Waals surface area contributed by atoms with Gasteiger partial charge in [-0.25, -0.2) is 8.42 Å². The second-order valence-electron chi connectivity index (χ2n) is 6.57. The first-order chi connectivity index (χ1) is 13.3. The third-order valence-electron chi connectivity index (χ3n) is 4.73. The topological polar surface area (TPSA) is 92.8 Å². The van der Waals surface area contributed by atoms with Gasteiger partial charge in [0.2, 0.25) is 15.9 Å². The number of rotatable bonds is 6. The second kappa shape index (κ2) is 8.12. The van der Waals surface area contributed by atoms with Gasteiger partial charge in [0.25, 0.3) is 0 Å². The molecule has 2 aromatic carbocycles. The molecule has 148 valence electrons. The van der Waals surface area contributed by atoms with E-state index in [1.54, 1.807) is 36.4 Å². The Bertz CT molecular complexity index is 969. The van der Waals surface area contributed by atoms with Gasteiger partial charge in [-0.05, 0) is 68.3 Å². The number of ketones is 1. The summed E-state index contributed by atoms with van der Waals surface area (Å²) in [5, 5.41) is 2.75. The molecule has 0 unspecified atom stereocenters. The number of carbonyl (C=O) groups excluding carboxylic acids is 2. The molecule has 0 spiro atoms. The normalized spacial score (nSPS) is 17.3. The van der Waals surface area contributed by atoms with Crippen LogP contribution in [-0.2, 0) is 14.8 Å². The molecule has 28 heavy (non-hydrogen) atoms. The van der Waals surface area contributed by atoms with E-state index in [1.807, 2.05) is 0 Å². The van der Waals surface area contributed by atoms with Crippen molar-refractivity contribution >= 4 is 27.4 Å². The van der Waals surface area contributed by atoms with E-state index in [0.717, 1.165) is 0 Å². The van der Waals surface area contributed by atoms with Gasteiger partial charge in [0.05, 0.1) is 12.0 Å². The smallest absolute Gasteiger partial charge is 0.243 e. The fourth-order valence-corrected chi connectivity index (χ4v) is 4.84. The van der Waals surface area contributed by atoms with Crippen molar-refractivity contribution in [3.05, 3.63) is 54.1 Å². The first-order valence-corrected chi connectivity index (χ1v) is 10.3. The molecule has 7 nitrogen and oxygen atoms in total. The molecule has 0 aliphatic carbocycles. The molecular weight excluding hydrogens is 380 g/mol. The monoisotopic (exact) mass is 402 g/mol. The lowest BCUT2D eigenvalue weighted by atomic mass is 10.1. The Morgan fingerprint density at radius 1 is 1.07 bits per heavy atom. The Balaban J connectivity index is 1.77. The van der Waals surface area contributed by atoms with Crippen LogP contribution in [0.5, 0.6) is 5.75 Å². The van der Waals surface area contributed by atoms with Crippen LogP contribution in [0.15, 0.2) is 53.4 Å². The average molecular weight is 402 g/mol. The van der Waals surface area contributed by atoms with Crippen LogP contribution in [0.2, 0.25) is 0 Å². The van der Waals surface area contributed by atoms with Crippen LogP contribution in [0.1, 0.15) is 30.1 Å². The molecule has 1 saturated heterocycles. The highest BCUT2D eigenvalue weighted by molar-refractivity contribution is 7.89. The molecule has 1 amide bonds. The number of nitrogens with zero attached hydrogens (tertiary/aromatic N) is 1. The van der Waals surface area contributed by atoms with Crippen molar-refractivity contribution in [1.29, 1.82) is 0 Å². The summed E-state index contributed by atoms with van der Waals surface area (Å²) < 4.78 is 32.3. The van der Waals surface area contributed by atoms with E-state index in [2.05, 4.69) is 5.32 Å². The van der Waals surface area contributed by atoms with Crippen LogP contribution in [0, 0.1) is 0 Å². The Morgan fingerprint density at radius 2 is 1.71 bits per heavy atom. The maximum atomic E-state index is 13.0. The molecule has 1 atom stereocenters. The summed E-state index contributed by atoms with van der Waals surface area (Å²) in [6, 6.07) is 11.8. The minimum Gasteiger partial charge on any atom is -0.497 e. The van der Waals surface area contributed by atoms with Gasteiger partial charge in [-0.15, -0.1) is 0 Å². The fourth-order valence-electron chi connectivity index (χ4n) is 3.19. The van der Waals surface area contributed by atoms with Crippen molar-refractivity contribution in [2.24, 2.45) is 0 Å². The van der Waals surface area contributed by atoms with E-state index < -0.39 is 16.1 Å². The maximum absolute atomic E-state index is 13.0. The Labute approximate surface area is 164 Å². The molecule has 3 rings (SSSR count). The van der Waals surface area contributed by atoms with E-state index in [-0.39, 0.29) is 23.1 Å². The second-order valence-corrected chi connectivity index (χ2v) is 8.46. The maximum Gasteiger partial charge on any atom is 0.243 e. The number of hydrogen-bond donors (Lipinski definition) is 1. The number of methoxy groups -OCH3 is 1. The minimum atomic E-state index is -3.80. The highest BCUT2D eigenvalue weighted by Gasteiger charge is 2.39. The summed E-state index contributed by atoms with van der Waals surface area (Å²) in [6.07, 6.45) is 1.06. The zero-order valence-corrected chi connectivity index (χ0v) is 16.5. The van der Waals surface area contributed by atoms with Crippen molar-refractivity contribution in [3.8, 4) is 5.75 Å². The zero-order chi connectivity index (χ0) is 20.3. The molecule has 1 aliphatic rings. The molecule has 0 bridgehead atoms. The SMILES string of the molecule is COc1ccc(S(=O)(=O)N2CCC[C@H]2C(=O)Nc2ccc(C(C)=O)cc2)cc1. The van der Waals surface area contributed by atoms with E-state index in [0.29, 0.717) is 29.8 Å². The van der Waals surface area contributed by atoms with Gasteiger partial charge in [0, 0.05) is 17.8 Å². The lowest BCUT2D eigenvalue weighted by molar-refractivity contribution is -0.119. The van der Waals surface area contributed by atoms with Crippen LogP contribution in [0.4, 0.5) is 5.69 Å². The molecule has 1 fully saturated rings. The van der Waals surface area contributed by atoms with Crippen LogP contribution in [0.25, 0.3) is 0 Å². The summed E-state index contributed by atoms with van der Waals surface area (Å²) in [7, 11) is -2.29. The quantitative estimate of drug-likeness (QED) is 0.750. The van der Waals surface area contributed by atoms with Gasteiger partial charge in [-0.3, -0.25) is 9.59 Å². The largest absolute Gasteiger partial charge is 0.497 e. The van der Waals surface area contributed by atoms with E-state index in [4.69, 9.17) is 4.74 Å². The first kappa shape index (κ1) is 20.0. The number of hydrogen-bond acceptors (Lipinski definition) is 5. The molecule has 2 aromatic rings. The van der Waals surface area contributed by atoms with Gasteiger partial charge in [0.1, 0.15) is 11.8 Å². The van der Waals surface area contributed by atoms with Gasteiger partial charge >= 0.3 is 0 Å². The number of amides is 1. The number of ether oxygens (including phenoxy) is 1. The van der Waals surface area contributed by atoms with E-state index in [9.17, 15) is 18.0 Å². The summed E-state index contributed by atoms with van der Waals surface area (Å²) >= 11 is 0. The number of nitrogens with one attached hydrogen (secondary N) is 1. The number of benzene rings is 2. The van der Waals surface area contributed by atoms with Crippen LogP contribution in [-0.4, -0.2) is 44.1 Å². The van der Waals surface area contributed by atoms with Gasteiger partial charge in [-0.2, -0.15) is 4.31 Å². The third kappa shape index (κ3) is 4.07. The fraction of sp³-hybridized carbons (Fsp3) is 0.300. The van der Waals surface area contributed by atoms with Crippen molar-refractivity contribution in [2.75, 3.05) is 19.0 Å². The Morgan fingerprint density at radius 3 is 2.29 bits per heavy atom. The summed E-state index contributed by atoms with van der Waals surface area (Å²) in [4.78, 5) is 24.2. The van der Waals surface area contributed by atoms with Crippen molar-refractivity contribution in [2.45, 2.75) is 30.7 Å². The van der Waals surface area contributed by atoms with Crippen molar-refractivity contribution in [3.63, 3.8) is 0 Å². The van der Waals surface area contributed by atoms with Crippen LogP contribution >= 0.6 is 0 Å². The Hall–Kier alpha value is -2.71. The van der Waals surface area contributed by atoms with Crippen LogP contribution in [0.3, 0.4) is 0 Å². The molecule has 0 saturated carbocycles. The highest BCUT2D eigenvalue weighted by atomic mass is 32.2. The van der Waals surface area contributed by atoms with Crippen molar-refractivity contribution < 1.29 is 22.7 Å². The zero-order valence-electron chi connectivity index (χ0n) is 15.7. The number of Topliss-reactive ketones (excluding diaryl/α,β-unsaturated/α-hetero) is 1. The molecule has 1 N–H and O–H groups in total. The predicted molar refractivity (Wildman–Crippen MR) is 105 cm³/mol.